The van der Waals surface area contributed by atoms with E-state index in [4.69, 9.17) is 4.74 Å². The monoisotopic (exact) mass is 558 g/mol. The van der Waals surface area contributed by atoms with E-state index in [1.165, 1.54) is 6.26 Å². The number of benzene rings is 2. The molecule has 1 aliphatic heterocycles. The van der Waals surface area contributed by atoms with Crippen LogP contribution in [0.2, 0.25) is 0 Å². The highest BCUT2D eigenvalue weighted by Gasteiger charge is 2.21. The molecule has 0 aromatic heterocycles. The summed E-state index contributed by atoms with van der Waals surface area (Å²) in [6, 6.07) is 15.2. The van der Waals surface area contributed by atoms with Crippen molar-refractivity contribution in [2.75, 3.05) is 58.0 Å². The van der Waals surface area contributed by atoms with Gasteiger partial charge in [0.2, 0.25) is 0 Å². The second-order valence-corrected chi connectivity index (χ2v) is 9.30. The average molecular weight is 558 g/mol. The lowest BCUT2D eigenvalue weighted by atomic mass is 10.1. The summed E-state index contributed by atoms with van der Waals surface area (Å²) in [6.45, 7) is 4.28. The van der Waals surface area contributed by atoms with Crippen LogP contribution in [0.5, 0.6) is 5.75 Å². The molecule has 1 heterocycles. The highest BCUT2D eigenvalue weighted by molar-refractivity contribution is 14.0. The smallest absolute Gasteiger partial charge is 0.193 e. The van der Waals surface area contributed by atoms with Crippen LogP contribution in [0.1, 0.15) is 5.56 Å². The zero-order valence-corrected chi connectivity index (χ0v) is 21.4. The lowest BCUT2D eigenvalue weighted by molar-refractivity contribution is 0.367. The fourth-order valence-electron chi connectivity index (χ4n) is 3.60. The molecule has 1 N–H and O–H groups in total. The summed E-state index contributed by atoms with van der Waals surface area (Å²) < 4.78 is 28.6. The highest BCUT2D eigenvalue weighted by Crippen LogP contribution is 2.28. The number of hydrogen-bond donors (Lipinski definition) is 1. The molecule has 170 valence electrons. The predicted octanol–water partition coefficient (Wildman–Crippen LogP) is 2.66. The van der Waals surface area contributed by atoms with Crippen LogP contribution in [-0.4, -0.2) is 72.4 Å². The summed E-state index contributed by atoms with van der Waals surface area (Å²) >= 11 is 0. The van der Waals surface area contributed by atoms with E-state index in [0.717, 1.165) is 62.1 Å². The number of ether oxygens (including phenoxy) is 1. The fourth-order valence-corrected chi connectivity index (χ4v) is 4.23. The van der Waals surface area contributed by atoms with Gasteiger partial charge in [0.05, 0.1) is 17.7 Å². The number of nitrogens with one attached hydrogen (secondary N) is 1. The average Bonchev–Trinajstić information content (AvgIpc) is 2.76. The van der Waals surface area contributed by atoms with Gasteiger partial charge in [0.15, 0.2) is 15.8 Å². The van der Waals surface area contributed by atoms with E-state index in [2.05, 4.69) is 26.2 Å². The van der Waals surface area contributed by atoms with Gasteiger partial charge in [-0.1, -0.05) is 24.3 Å². The summed E-state index contributed by atoms with van der Waals surface area (Å²) in [5.41, 5.74) is 2.21. The van der Waals surface area contributed by atoms with Crippen LogP contribution in [0.3, 0.4) is 0 Å². The van der Waals surface area contributed by atoms with Gasteiger partial charge in [-0.2, -0.15) is 0 Å². The second-order valence-electron chi connectivity index (χ2n) is 7.29. The second kappa shape index (κ2) is 11.6. The van der Waals surface area contributed by atoms with Gasteiger partial charge in [-0.05, 0) is 36.2 Å². The lowest BCUT2D eigenvalue weighted by Gasteiger charge is -2.38. The Balaban J connectivity index is 0.00000341. The van der Waals surface area contributed by atoms with Crippen LogP contribution in [0.25, 0.3) is 0 Å². The molecule has 1 aliphatic rings. The van der Waals surface area contributed by atoms with E-state index in [9.17, 15) is 8.42 Å². The molecule has 2 aromatic carbocycles. The Kier molecular flexibility index (Phi) is 9.42. The van der Waals surface area contributed by atoms with Crippen LogP contribution >= 0.6 is 24.0 Å². The van der Waals surface area contributed by atoms with Crippen molar-refractivity contribution < 1.29 is 13.2 Å². The van der Waals surface area contributed by atoms with Gasteiger partial charge in [-0.3, -0.25) is 4.99 Å². The van der Waals surface area contributed by atoms with Gasteiger partial charge in [-0.15, -0.1) is 24.0 Å². The van der Waals surface area contributed by atoms with Crippen molar-refractivity contribution in [1.82, 2.24) is 10.2 Å². The molecule has 0 saturated carbocycles. The highest BCUT2D eigenvalue weighted by atomic mass is 127. The summed E-state index contributed by atoms with van der Waals surface area (Å²) in [6.07, 6.45) is 2.02. The molecule has 0 unspecified atom stereocenters. The molecule has 31 heavy (non-hydrogen) atoms. The molecule has 0 radical (unpaired) electrons. The maximum atomic E-state index is 11.6. The quantitative estimate of drug-likeness (QED) is 0.334. The van der Waals surface area contributed by atoms with E-state index in [-0.39, 0.29) is 24.0 Å². The van der Waals surface area contributed by atoms with Crippen molar-refractivity contribution in [1.29, 1.82) is 0 Å². The van der Waals surface area contributed by atoms with Crippen LogP contribution in [0, 0.1) is 0 Å². The number of nitrogens with zero attached hydrogens (tertiary/aromatic N) is 3. The number of para-hydroxylation sites is 2. The van der Waals surface area contributed by atoms with Gasteiger partial charge in [0.1, 0.15) is 5.75 Å². The Labute approximate surface area is 202 Å². The van der Waals surface area contributed by atoms with Crippen molar-refractivity contribution in [3.8, 4) is 5.75 Å². The first-order chi connectivity index (χ1) is 14.4. The van der Waals surface area contributed by atoms with E-state index >= 15 is 0 Å². The van der Waals surface area contributed by atoms with Gasteiger partial charge in [-0.25, -0.2) is 8.42 Å². The Morgan fingerprint density at radius 1 is 1.06 bits per heavy atom. The summed E-state index contributed by atoms with van der Waals surface area (Å²) in [4.78, 5) is 9.38. The number of methoxy groups -OCH3 is 1. The standard InChI is InChI=1S/C22H30N4O3S.HI/c1-23-22(24-13-12-18-8-10-19(11-9-18)30(3,27)28)26-16-14-25(15-17-26)20-6-4-5-7-21(20)29-2;/h4-11H,12-17H2,1-3H3,(H,23,24);1H. The molecule has 7 nitrogen and oxygen atoms in total. The zero-order chi connectivity index (χ0) is 21.6. The van der Waals surface area contributed by atoms with Crippen molar-refractivity contribution in [3.63, 3.8) is 0 Å². The van der Waals surface area contributed by atoms with Crippen LogP contribution in [-0.2, 0) is 16.3 Å². The van der Waals surface area contributed by atoms with Crippen LogP contribution in [0.4, 0.5) is 5.69 Å². The minimum absolute atomic E-state index is 0. The van der Waals surface area contributed by atoms with E-state index in [0.29, 0.717) is 4.90 Å². The molecule has 0 bridgehead atoms. The SMILES string of the molecule is CN=C(NCCc1ccc(S(C)(=O)=O)cc1)N1CCN(c2ccccc2OC)CC1.I. The molecule has 0 atom stereocenters. The number of hydrogen-bond acceptors (Lipinski definition) is 5. The zero-order valence-electron chi connectivity index (χ0n) is 18.2. The van der Waals surface area contributed by atoms with Crippen LogP contribution in [0.15, 0.2) is 58.4 Å². The number of guanidine groups is 1. The van der Waals surface area contributed by atoms with Crippen molar-refractivity contribution >= 4 is 45.5 Å². The summed E-state index contributed by atoms with van der Waals surface area (Å²) in [5, 5.41) is 3.42. The Hall–Kier alpha value is -2.01. The first kappa shape index (κ1) is 25.3. The number of rotatable bonds is 6. The third kappa shape index (κ3) is 6.73. The minimum atomic E-state index is -3.15. The third-order valence-electron chi connectivity index (χ3n) is 5.27. The topological polar surface area (TPSA) is 74.2 Å². The Morgan fingerprint density at radius 2 is 1.71 bits per heavy atom. The number of anilines is 1. The minimum Gasteiger partial charge on any atom is -0.495 e. The van der Waals surface area contributed by atoms with Gasteiger partial charge in [0, 0.05) is 46.0 Å². The number of piperazine rings is 1. The number of sulfone groups is 1. The van der Waals surface area contributed by atoms with Gasteiger partial charge >= 0.3 is 0 Å². The summed E-state index contributed by atoms with van der Waals surface area (Å²) in [5.74, 6) is 1.79. The van der Waals surface area contributed by atoms with Crippen molar-refractivity contribution in [2.45, 2.75) is 11.3 Å². The molecule has 0 spiro atoms. The van der Waals surface area contributed by atoms with Gasteiger partial charge < -0.3 is 19.9 Å². The maximum Gasteiger partial charge on any atom is 0.193 e. The number of halogens is 1. The largest absolute Gasteiger partial charge is 0.495 e. The normalized spacial score (nSPS) is 14.7. The molecule has 1 fully saturated rings. The predicted molar refractivity (Wildman–Crippen MR) is 137 cm³/mol. The maximum absolute atomic E-state index is 11.6. The van der Waals surface area contributed by atoms with Crippen molar-refractivity contribution in [3.05, 3.63) is 54.1 Å². The molecule has 3 rings (SSSR count). The first-order valence-electron chi connectivity index (χ1n) is 10.0. The third-order valence-corrected chi connectivity index (χ3v) is 6.39. The first-order valence-corrected chi connectivity index (χ1v) is 11.9. The lowest BCUT2D eigenvalue weighted by Crippen LogP contribution is -2.52. The van der Waals surface area contributed by atoms with Crippen LogP contribution < -0.4 is 15.0 Å². The summed E-state index contributed by atoms with van der Waals surface area (Å²) in [7, 11) is 0.351. The molecular formula is C22H31IN4O3S. The molecular weight excluding hydrogens is 527 g/mol. The van der Waals surface area contributed by atoms with E-state index < -0.39 is 9.84 Å². The van der Waals surface area contributed by atoms with E-state index in [1.807, 2.05) is 30.3 Å². The fraction of sp³-hybridized carbons (Fsp3) is 0.409. The molecule has 0 aliphatic carbocycles. The van der Waals surface area contributed by atoms with Crippen molar-refractivity contribution in [2.24, 2.45) is 4.99 Å². The number of aliphatic imine (C=N–C) groups is 1. The van der Waals surface area contributed by atoms with E-state index in [1.54, 1.807) is 26.3 Å². The molecule has 1 saturated heterocycles. The molecule has 0 amide bonds. The van der Waals surface area contributed by atoms with Gasteiger partial charge in [0.25, 0.3) is 0 Å². The molecule has 2 aromatic rings. The Bertz CT molecular complexity index is 973. The molecule has 9 heteroatoms. The Morgan fingerprint density at radius 3 is 2.29 bits per heavy atom.